The zero-order chi connectivity index (χ0) is 9.68. The molecule has 0 heterocycles. The highest BCUT2D eigenvalue weighted by Crippen LogP contribution is 2.23. The Balaban J connectivity index is 2.73. The summed E-state index contributed by atoms with van der Waals surface area (Å²) < 4.78 is 0.937. The first-order valence-corrected chi connectivity index (χ1v) is 6.21. The van der Waals surface area contributed by atoms with Crippen molar-refractivity contribution in [3.63, 3.8) is 0 Å². The van der Waals surface area contributed by atoms with Crippen LogP contribution in [0.3, 0.4) is 0 Å². The van der Waals surface area contributed by atoms with Crippen LogP contribution in [0.15, 0.2) is 28.7 Å². The largest absolute Gasteiger partial charge is 0.0925 e. The lowest BCUT2D eigenvalue weighted by Gasteiger charge is -1.97. The minimum Gasteiger partial charge on any atom is -0.0925 e. The Kier molecular flexibility index (Phi) is 5.07. The predicted molar refractivity (Wildman–Crippen MR) is 66.6 cm³/mol. The van der Waals surface area contributed by atoms with E-state index in [-0.39, 0.29) is 0 Å². The van der Waals surface area contributed by atoms with Crippen molar-refractivity contribution in [2.24, 2.45) is 0 Å². The Morgan fingerprint density at radius 2 is 2.15 bits per heavy atom. The summed E-state index contributed by atoms with van der Waals surface area (Å²) in [5.41, 5.74) is 1.13. The Bertz CT molecular complexity index is 308. The van der Waals surface area contributed by atoms with Gasteiger partial charge in [-0.1, -0.05) is 45.7 Å². The van der Waals surface area contributed by atoms with Gasteiger partial charge in [0.15, 0.2) is 0 Å². The number of benzene rings is 1. The molecule has 0 saturated heterocycles. The van der Waals surface area contributed by atoms with Gasteiger partial charge in [0, 0.05) is 9.80 Å². The molecule has 0 radical (unpaired) electrons. The van der Waals surface area contributed by atoms with Gasteiger partial charge in [0.2, 0.25) is 0 Å². The molecular formula is C10H9Br2Cl. The van der Waals surface area contributed by atoms with Crippen LogP contribution in [0, 0.1) is 0 Å². The van der Waals surface area contributed by atoms with Crippen LogP contribution < -0.4 is 0 Å². The molecule has 0 aromatic heterocycles. The molecule has 0 aliphatic rings. The molecule has 0 spiro atoms. The van der Waals surface area contributed by atoms with Crippen molar-refractivity contribution in [1.29, 1.82) is 0 Å². The van der Waals surface area contributed by atoms with Crippen molar-refractivity contribution < 1.29 is 0 Å². The lowest BCUT2D eigenvalue weighted by molar-refractivity contribution is 1.27. The summed E-state index contributed by atoms with van der Waals surface area (Å²) in [6, 6.07) is 5.92. The molecule has 0 unspecified atom stereocenters. The third kappa shape index (κ3) is 3.84. The molecule has 0 saturated carbocycles. The maximum atomic E-state index is 5.94. The minimum atomic E-state index is 0.751. The summed E-state index contributed by atoms with van der Waals surface area (Å²) in [7, 11) is 0. The number of halogens is 3. The van der Waals surface area contributed by atoms with Crippen LogP contribution in [-0.2, 0) is 0 Å². The summed E-state index contributed by atoms with van der Waals surface area (Å²) in [5, 5.41) is 1.74. The number of hydrogen-bond acceptors (Lipinski definition) is 0. The molecule has 1 rings (SSSR count). The van der Waals surface area contributed by atoms with E-state index < -0.39 is 0 Å². The second-order valence-corrected chi connectivity index (χ2v) is 4.61. The molecule has 0 nitrogen and oxygen atoms in total. The van der Waals surface area contributed by atoms with Gasteiger partial charge in [-0.25, -0.2) is 0 Å². The fraction of sp³-hybridized carbons (Fsp3) is 0.200. The van der Waals surface area contributed by atoms with Crippen LogP contribution in [0.5, 0.6) is 0 Å². The van der Waals surface area contributed by atoms with E-state index in [9.17, 15) is 0 Å². The molecule has 0 bridgehead atoms. The summed E-state index contributed by atoms with van der Waals surface area (Å²) in [5.74, 6) is 0. The second-order valence-electron chi connectivity index (χ2n) is 2.55. The van der Waals surface area contributed by atoms with Gasteiger partial charge in [-0.15, -0.1) is 0 Å². The number of allylic oxidation sites excluding steroid dienone is 1. The summed E-state index contributed by atoms with van der Waals surface area (Å²) in [6.07, 6.45) is 5.22. The van der Waals surface area contributed by atoms with Gasteiger partial charge in [-0.05, 0) is 40.0 Å². The van der Waals surface area contributed by atoms with Crippen LogP contribution >= 0.6 is 43.5 Å². The van der Waals surface area contributed by atoms with Gasteiger partial charge >= 0.3 is 0 Å². The minimum absolute atomic E-state index is 0.751. The SMILES string of the molecule is Clc1cc(C=CCCBr)ccc1Br. The van der Waals surface area contributed by atoms with Crippen LogP contribution in [0.25, 0.3) is 6.08 Å². The van der Waals surface area contributed by atoms with E-state index in [0.29, 0.717) is 0 Å². The highest BCUT2D eigenvalue weighted by Gasteiger charge is 1.95. The smallest absolute Gasteiger partial charge is 0.0554 e. The van der Waals surface area contributed by atoms with Crippen molar-refractivity contribution in [2.45, 2.75) is 6.42 Å². The van der Waals surface area contributed by atoms with Crippen molar-refractivity contribution in [1.82, 2.24) is 0 Å². The van der Waals surface area contributed by atoms with Crippen molar-refractivity contribution >= 4 is 49.5 Å². The van der Waals surface area contributed by atoms with Gasteiger partial charge in [0.25, 0.3) is 0 Å². The third-order valence-corrected chi connectivity index (χ3v) is 3.22. The topological polar surface area (TPSA) is 0 Å². The zero-order valence-corrected chi connectivity index (χ0v) is 10.9. The van der Waals surface area contributed by atoms with Crippen LogP contribution in [0.4, 0.5) is 0 Å². The molecule has 0 aliphatic carbocycles. The van der Waals surface area contributed by atoms with E-state index in [4.69, 9.17) is 11.6 Å². The molecule has 0 N–H and O–H groups in total. The molecule has 3 heteroatoms. The number of hydrogen-bond donors (Lipinski definition) is 0. The fourth-order valence-corrected chi connectivity index (χ4v) is 1.60. The molecule has 0 aliphatic heterocycles. The van der Waals surface area contributed by atoms with E-state index in [1.165, 1.54) is 0 Å². The van der Waals surface area contributed by atoms with E-state index in [0.717, 1.165) is 26.8 Å². The Hall–Kier alpha value is 0.210. The highest BCUT2D eigenvalue weighted by molar-refractivity contribution is 9.10. The maximum absolute atomic E-state index is 5.94. The quantitative estimate of drug-likeness (QED) is 0.694. The normalized spacial score (nSPS) is 11.0. The third-order valence-electron chi connectivity index (χ3n) is 1.53. The monoisotopic (exact) mass is 322 g/mol. The molecular weight excluding hydrogens is 315 g/mol. The summed E-state index contributed by atoms with van der Waals surface area (Å²) in [4.78, 5) is 0. The van der Waals surface area contributed by atoms with Crippen molar-refractivity contribution in [2.75, 3.05) is 5.33 Å². The van der Waals surface area contributed by atoms with Gasteiger partial charge in [-0.3, -0.25) is 0 Å². The molecule has 1 aromatic carbocycles. The van der Waals surface area contributed by atoms with E-state index >= 15 is 0 Å². The van der Waals surface area contributed by atoms with Crippen LogP contribution in [0.1, 0.15) is 12.0 Å². The van der Waals surface area contributed by atoms with Gasteiger partial charge in [0.1, 0.15) is 0 Å². The van der Waals surface area contributed by atoms with Crippen molar-refractivity contribution in [3.8, 4) is 0 Å². The van der Waals surface area contributed by atoms with E-state index in [1.807, 2.05) is 18.2 Å². The number of alkyl halides is 1. The predicted octanol–water partition coefficient (Wildman–Crippen LogP) is 4.90. The summed E-state index contributed by atoms with van der Waals surface area (Å²) >= 11 is 12.6. The Morgan fingerprint density at radius 1 is 1.38 bits per heavy atom. The summed E-state index contributed by atoms with van der Waals surface area (Å²) in [6.45, 7) is 0. The van der Waals surface area contributed by atoms with E-state index in [1.54, 1.807) is 0 Å². The lowest BCUT2D eigenvalue weighted by atomic mass is 10.2. The first-order valence-electron chi connectivity index (χ1n) is 3.91. The molecule has 70 valence electrons. The second kappa shape index (κ2) is 5.84. The molecule has 0 fully saturated rings. The highest BCUT2D eigenvalue weighted by atomic mass is 79.9. The van der Waals surface area contributed by atoms with E-state index in [2.05, 4.69) is 44.0 Å². The van der Waals surface area contributed by atoms with Gasteiger partial charge < -0.3 is 0 Å². The zero-order valence-electron chi connectivity index (χ0n) is 6.93. The Labute approximate surface area is 100 Å². The lowest BCUT2D eigenvalue weighted by Crippen LogP contribution is -1.74. The van der Waals surface area contributed by atoms with Crippen molar-refractivity contribution in [3.05, 3.63) is 39.3 Å². The Morgan fingerprint density at radius 3 is 2.77 bits per heavy atom. The molecule has 0 atom stereocenters. The standard InChI is InChI=1S/C10H9Br2Cl/c11-6-2-1-3-8-4-5-9(12)10(13)7-8/h1,3-5,7H,2,6H2. The molecule has 0 amide bonds. The van der Waals surface area contributed by atoms with Crippen LogP contribution in [-0.4, -0.2) is 5.33 Å². The first kappa shape index (κ1) is 11.3. The van der Waals surface area contributed by atoms with Gasteiger partial charge in [-0.2, -0.15) is 0 Å². The molecule has 13 heavy (non-hydrogen) atoms. The first-order chi connectivity index (χ1) is 6.24. The fourth-order valence-electron chi connectivity index (χ4n) is 0.898. The van der Waals surface area contributed by atoms with Crippen LogP contribution in [0.2, 0.25) is 5.02 Å². The maximum Gasteiger partial charge on any atom is 0.0554 e. The average molecular weight is 324 g/mol. The molecule has 1 aromatic rings. The van der Waals surface area contributed by atoms with Gasteiger partial charge in [0.05, 0.1) is 5.02 Å². The number of rotatable bonds is 3. The average Bonchev–Trinajstić information content (AvgIpc) is 2.12.